The molecule has 0 atom stereocenters. The van der Waals surface area contributed by atoms with Gasteiger partial charge in [0.05, 0.1) is 0 Å². The zero-order chi connectivity index (χ0) is 17.5. The minimum atomic E-state index is 0.633. The highest BCUT2D eigenvalue weighted by atomic mass is 35.5. The molecule has 25 heavy (non-hydrogen) atoms. The van der Waals surface area contributed by atoms with Gasteiger partial charge in [0.15, 0.2) is 0 Å². The molecule has 0 aliphatic heterocycles. The highest BCUT2D eigenvalue weighted by Crippen LogP contribution is 2.23. The van der Waals surface area contributed by atoms with Crippen LogP contribution in [0.2, 0.25) is 5.02 Å². The number of aromatic nitrogens is 2. The van der Waals surface area contributed by atoms with Crippen LogP contribution in [-0.2, 0) is 6.42 Å². The van der Waals surface area contributed by atoms with Gasteiger partial charge in [0.2, 0.25) is 5.95 Å². The second kappa shape index (κ2) is 8.49. The predicted octanol–water partition coefficient (Wildman–Crippen LogP) is 4.94. The Labute approximate surface area is 153 Å². The molecule has 1 N–H and O–H groups in total. The van der Waals surface area contributed by atoms with Crippen LogP contribution in [0.25, 0.3) is 0 Å². The van der Waals surface area contributed by atoms with Gasteiger partial charge in [-0.05, 0) is 49.2 Å². The molecule has 0 saturated heterocycles. The van der Waals surface area contributed by atoms with Crippen molar-refractivity contribution in [1.29, 1.82) is 0 Å². The van der Waals surface area contributed by atoms with Crippen molar-refractivity contribution < 1.29 is 0 Å². The summed E-state index contributed by atoms with van der Waals surface area (Å²) in [5, 5.41) is 4.05. The zero-order valence-electron chi connectivity index (χ0n) is 14.2. The van der Waals surface area contributed by atoms with Gasteiger partial charge in [-0.15, -0.1) is 0 Å². The smallest absolute Gasteiger partial charge is 0.224 e. The topological polar surface area (TPSA) is 41.1 Å². The summed E-state index contributed by atoms with van der Waals surface area (Å²) in [6.45, 7) is 3.70. The molecule has 1 heterocycles. The Kier molecular flexibility index (Phi) is 5.86. The molecule has 0 bridgehead atoms. The molecule has 0 saturated carbocycles. The molecule has 3 rings (SSSR count). The molecule has 0 aliphatic carbocycles. The summed E-state index contributed by atoms with van der Waals surface area (Å²) in [6.07, 6.45) is 2.65. The fraction of sp³-hybridized carbons (Fsp3) is 0.200. The van der Waals surface area contributed by atoms with Crippen LogP contribution in [-0.4, -0.2) is 23.1 Å². The van der Waals surface area contributed by atoms with E-state index in [-0.39, 0.29) is 0 Å². The van der Waals surface area contributed by atoms with Crippen molar-refractivity contribution >= 4 is 29.1 Å². The van der Waals surface area contributed by atoms with Gasteiger partial charge in [-0.25, -0.2) is 4.98 Å². The molecule has 0 aliphatic rings. The van der Waals surface area contributed by atoms with Crippen LogP contribution in [0.3, 0.4) is 0 Å². The van der Waals surface area contributed by atoms with Gasteiger partial charge in [0.1, 0.15) is 5.82 Å². The van der Waals surface area contributed by atoms with E-state index in [0.717, 1.165) is 36.0 Å². The molecule has 0 radical (unpaired) electrons. The monoisotopic (exact) mass is 352 g/mol. The largest absolute Gasteiger partial charge is 0.354 e. The van der Waals surface area contributed by atoms with E-state index in [1.807, 2.05) is 42.5 Å². The lowest BCUT2D eigenvalue weighted by molar-refractivity contribution is 0.951. The standard InChI is InChI=1S/C20H21ClN4/c1-2-25(18-9-4-3-5-10-18)19-12-14-23-20(24-19)22-13-11-16-7-6-8-17(21)15-16/h3-10,12,14-15H,2,11,13H2,1H3,(H,22,23,24). The first-order chi connectivity index (χ1) is 12.3. The fourth-order valence-electron chi connectivity index (χ4n) is 2.68. The molecule has 4 nitrogen and oxygen atoms in total. The first-order valence-corrected chi connectivity index (χ1v) is 8.78. The molecular formula is C20H21ClN4. The Balaban J connectivity index is 1.66. The molecule has 0 amide bonds. The van der Waals surface area contributed by atoms with Gasteiger partial charge >= 0.3 is 0 Å². The summed E-state index contributed by atoms with van der Waals surface area (Å²) in [5.74, 6) is 1.52. The van der Waals surface area contributed by atoms with E-state index in [1.54, 1.807) is 6.20 Å². The SMILES string of the molecule is CCN(c1ccccc1)c1ccnc(NCCc2cccc(Cl)c2)n1. The normalized spacial score (nSPS) is 10.5. The lowest BCUT2D eigenvalue weighted by Crippen LogP contribution is -2.18. The first kappa shape index (κ1) is 17.2. The Morgan fingerprint density at radius 2 is 1.88 bits per heavy atom. The number of nitrogens with zero attached hydrogens (tertiary/aromatic N) is 3. The maximum absolute atomic E-state index is 6.02. The van der Waals surface area contributed by atoms with Crippen LogP contribution in [0.15, 0.2) is 66.9 Å². The third-order valence-corrected chi connectivity index (χ3v) is 4.12. The minimum Gasteiger partial charge on any atom is -0.354 e. The highest BCUT2D eigenvalue weighted by molar-refractivity contribution is 6.30. The van der Waals surface area contributed by atoms with E-state index in [0.29, 0.717) is 5.95 Å². The number of hydrogen-bond donors (Lipinski definition) is 1. The van der Waals surface area contributed by atoms with Crippen molar-refractivity contribution in [2.24, 2.45) is 0 Å². The van der Waals surface area contributed by atoms with Crippen molar-refractivity contribution in [3.8, 4) is 0 Å². The maximum atomic E-state index is 6.02. The van der Waals surface area contributed by atoms with Crippen LogP contribution in [0.4, 0.5) is 17.5 Å². The summed E-state index contributed by atoms with van der Waals surface area (Å²) >= 11 is 6.02. The van der Waals surface area contributed by atoms with Crippen molar-refractivity contribution in [2.45, 2.75) is 13.3 Å². The van der Waals surface area contributed by atoms with Gasteiger partial charge in [-0.3, -0.25) is 0 Å². The van der Waals surface area contributed by atoms with Crippen LogP contribution in [0, 0.1) is 0 Å². The van der Waals surface area contributed by atoms with E-state index in [1.165, 1.54) is 5.56 Å². The molecule has 0 fully saturated rings. The number of anilines is 3. The summed E-state index contributed by atoms with van der Waals surface area (Å²) in [5.41, 5.74) is 2.31. The molecule has 128 valence electrons. The summed E-state index contributed by atoms with van der Waals surface area (Å²) in [6, 6.07) is 20.1. The summed E-state index contributed by atoms with van der Waals surface area (Å²) in [7, 11) is 0. The Morgan fingerprint density at radius 1 is 1.04 bits per heavy atom. The van der Waals surface area contributed by atoms with Gasteiger partial charge in [0.25, 0.3) is 0 Å². The van der Waals surface area contributed by atoms with Crippen molar-refractivity contribution in [3.63, 3.8) is 0 Å². The number of nitrogens with one attached hydrogen (secondary N) is 1. The predicted molar refractivity (Wildman–Crippen MR) is 105 cm³/mol. The summed E-state index contributed by atoms with van der Waals surface area (Å²) in [4.78, 5) is 11.1. The lowest BCUT2D eigenvalue weighted by Gasteiger charge is -2.22. The third kappa shape index (κ3) is 4.70. The van der Waals surface area contributed by atoms with Gasteiger partial charge in [0, 0.05) is 30.0 Å². The molecule has 2 aromatic carbocycles. The van der Waals surface area contributed by atoms with Gasteiger partial charge in [-0.1, -0.05) is 41.9 Å². The average Bonchev–Trinajstić information content (AvgIpc) is 2.64. The van der Waals surface area contributed by atoms with Crippen LogP contribution in [0.1, 0.15) is 12.5 Å². The number of halogens is 1. The Morgan fingerprint density at radius 3 is 2.64 bits per heavy atom. The first-order valence-electron chi connectivity index (χ1n) is 8.40. The quantitative estimate of drug-likeness (QED) is 0.653. The van der Waals surface area contributed by atoms with Crippen molar-refractivity contribution in [2.75, 3.05) is 23.3 Å². The van der Waals surface area contributed by atoms with E-state index >= 15 is 0 Å². The number of hydrogen-bond acceptors (Lipinski definition) is 4. The highest BCUT2D eigenvalue weighted by Gasteiger charge is 2.09. The molecule has 0 unspecified atom stereocenters. The number of rotatable bonds is 7. The van der Waals surface area contributed by atoms with E-state index < -0.39 is 0 Å². The van der Waals surface area contributed by atoms with E-state index in [4.69, 9.17) is 11.6 Å². The fourth-order valence-corrected chi connectivity index (χ4v) is 2.89. The zero-order valence-corrected chi connectivity index (χ0v) is 14.9. The van der Waals surface area contributed by atoms with Gasteiger partial charge in [-0.2, -0.15) is 4.98 Å². The Bertz CT molecular complexity index is 808. The third-order valence-electron chi connectivity index (χ3n) is 3.89. The van der Waals surface area contributed by atoms with E-state index in [2.05, 4.69) is 45.3 Å². The second-order valence-electron chi connectivity index (χ2n) is 5.62. The lowest BCUT2D eigenvalue weighted by atomic mass is 10.1. The van der Waals surface area contributed by atoms with Crippen LogP contribution >= 0.6 is 11.6 Å². The molecule has 5 heteroatoms. The minimum absolute atomic E-state index is 0.633. The summed E-state index contributed by atoms with van der Waals surface area (Å²) < 4.78 is 0. The second-order valence-corrected chi connectivity index (χ2v) is 6.06. The molecule has 3 aromatic rings. The van der Waals surface area contributed by atoms with E-state index in [9.17, 15) is 0 Å². The number of para-hydroxylation sites is 1. The van der Waals surface area contributed by atoms with Gasteiger partial charge < -0.3 is 10.2 Å². The average molecular weight is 353 g/mol. The van der Waals surface area contributed by atoms with Crippen molar-refractivity contribution in [1.82, 2.24) is 9.97 Å². The van der Waals surface area contributed by atoms with Crippen LogP contribution in [0.5, 0.6) is 0 Å². The molecular weight excluding hydrogens is 332 g/mol. The molecule has 1 aromatic heterocycles. The Hall–Kier alpha value is -2.59. The maximum Gasteiger partial charge on any atom is 0.224 e. The van der Waals surface area contributed by atoms with Crippen LogP contribution < -0.4 is 10.2 Å². The molecule has 0 spiro atoms. The van der Waals surface area contributed by atoms with Crippen molar-refractivity contribution in [3.05, 3.63) is 77.4 Å². The number of benzene rings is 2.